The second-order valence-corrected chi connectivity index (χ2v) is 5.56. The van der Waals surface area contributed by atoms with Crippen LogP contribution in [0.5, 0.6) is 0 Å². The van der Waals surface area contributed by atoms with E-state index in [4.69, 9.17) is 4.74 Å². The summed E-state index contributed by atoms with van der Waals surface area (Å²) in [5, 5.41) is 5.44. The summed E-state index contributed by atoms with van der Waals surface area (Å²) in [5.74, 6) is -0.974. The van der Waals surface area contributed by atoms with Crippen molar-refractivity contribution in [2.75, 3.05) is 17.2 Å². The number of benzene rings is 1. The number of nitrogens with one attached hydrogen (secondary N) is 3. The van der Waals surface area contributed by atoms with Gasteiger partial charge in [0.2, 0.25) is 5.91 Å². The molecular weight excluding hydrogens is 322 g/mol. The van der Waals surface area contributed by atoms with E-state index in [0.29, 0.717) is 28.2 Å². The molecule has 132 valence electrons. The van der Waals surface area contributed by atoms with Gasteiger partial charge in [0.1, 0.15) is 5.69 Å². The average molecular weight is 343 g/mol. The van der Waals surface area contributed by atoms with E-state index in [0.717, 1.165) is 0 Å². The summed E-state index contributed by atoms with van der Waals surface area (Å²) in [7, 11) is 0. The number of carbonyl (C=O) groups is 3. The maximum Gasteiger partial charge on any atom is 0.355 e. The molecule has 25 heavy (non-hydrogen) atoms. The molecule has 0 aliphatic carbocycles. The van der Waals surface area contributed by atoms with Crippen molar-refractivity contribution in [3.05, 3.63) is 46.8 Å². The molecule has 0 bridgehead atoms. The Morgan fingerprint density at radius 1 is 1.04 bits per heavy atom. The van der Waals surface area contributed by atoms with Crippen LogP contribution in [-0.2, 0) is 9.53 Å². The largest absolute Gasteiger partial charge is 0.461 e. The van der Waals surface area contributed by atoms with Crippen molar-refractivity contribution in [1.82, 2.24) is 4.98 Å². The molecule has 2 aromatic rings. The lowest BCUT2D eigenvalue weighted by Gasteiger charge is -2.08. The molecule has 0 saturated heterocycles. The molecule has 2 amide bonds. The van der Waals surface area contributed by atoms with Gasteiger partial charge in [0, 0.05) is 24.0 Å². The molecule has 1 heterocycles. The van der Waals surface area contributed by atoms with Gasteiger partial charge in [-0.15, -0.1) is 0 Å². The normalized spacial score (nSPS) is 10.2. The third-order valence-electron chi connectivity index (χ3n) is 3.61. The summed E-state index contributed by atoms with van der Waals surface area (Å²) >= 11 is 0. The molecule has 0 atom stereocenters. The molecule has 0 spiro atoms. The zero-order valence-corrected chi connectivity index (χ0v) is 14.6. The third kappa shape index (κ3) is 4.26. The SMILES string of the molecule is CCOC(=O)c1[nH]c(C)c(C(=O)Nc2ccc(NC(C)=O)cc2)c1C. The van der Waals surface area contributed by atoms with Crippen LogP contribution in [0.25, 0.3) is 0 Å². The third-order valence-corrected chi connectivity index (χ3v) is 3.61. The topological polar surface area (TPSA) is 100 Å². The van der Waals surface area contributed by atoms with Crippen molar-refractivity contribution in [3.8, 4) is 0 Å². The average Bonchev–Trinajstić information content (AvgIpc) is 2.84. The van der Waals surface area contributed by atoms with Crippen molar-refractivity contribution in [2.45, 2.75) is 27.7 Å². The number of aromatic amines is 1. The number of amides is 2. The number of H-pyrrole nitrogens is 1. The number of aryl methyl sites for hydroxylation is 1. The Bertz CT molecular complexity index is 806. The highest BCUT2D eigenvalue weighted by molar-refractivity contribution is 6.08. The molecule has 1 aromatic heterocycles. The molecule has 0 aliphatic heterocycles. The second kappa shape index (κ2) is 7.65. The summed E-state index contributed by atoms with van der Waals surface area (Å²) in [6.45, 7) is 6.84. The standard InChI is InChI=1S/C18H21N3O4/c1-5-25-18(24)16-10(2)15(11(3)19-16)17(23)21-14-8-6-13(7-9-14)20-12(4)22/h6-9,19H,5H2,1-4H3,(H,20,22)(H,21,23). The number of aromatic nitrogens is 1. The molecule has 3 N–H and O–H groups in total. The lowest BCUT2D eigenvalue weighted by Crippen LogP contribution is -2.14. The summed E-state index contributed by atoms with van der Waals surface area (Å²) < 4.78 is 4.98. The van der Waals surface area contributed by atoms with Gasteiger partial charge in [-0.3, -0.25) is 9.59 Å². The number of ether oxygens (including phenoxy) is 1. The second-order valence-electron chi connectivity index (χ2n) is 5.56. The van der Waals surface area contributed by atoms with Gasteiger partial charge in [0.25, 0.3) is 5.91 Å². The first-order valence-electron chi connectivity index (χ1n) is 7.88. The summed E-state index contributed by atoms with van der Waals surface area (Å²) in [6.07, 6.45) is 0. The minimum absolute atomic E-state index is 0.165. The number of esters is 1. The van der Waals surface area contributed by atoms with E-state index in [2.05, 4.69) is 15.6 Å². The Hall–Kier alpha value is -3.09. The van der Waals surface area contributed by atoms with Gasteiger partial charge in [-0.2, -0.15) is 0 Å². The van der Waals surface area contributed by atoms with Crippen molar-refractivity contribution < 1.29 is 19.1 Å². The first-order valence-corrected chi connectivity index (χ1v) is 7.88. The van der Waals surface area contributed by atoms with Gasteiger partial charge in [0.05, 0.1) is 12.2 Å². The predicted molar refractivity (Wildman–Crippen MR) is 94.9 cm³/mol. The number of carbonyl (C=O) groups excluding carboxylic acids is 3. The van der Waals surface area contributed by atoms with E-state index < -0.39 is 5.97 Å². The van der Waals surface area contributed by atoms with Crippen molar-refractivity contribution in [3.63, 3.8) is 0 Å². The Kier molecular flexibility index (Phi) is 5.59. The molecule has 0 unspecified atom stereocenters. The first-order chi connectivity index (χ1) is 11.8. The molecule has 1 aromatic carbocycles. The van der Waals surface area contributed by atoms with Crippen LogP contribution in [0.15, 0.2) is 24.3 Å². The van der Waals surface area contributed by atoms with Crippen LogP contribution in [0.1, 0.15) is 46.0 Å². The quantitative estimate of drug-likeness (QED) is 0.727. The Balaban J connectivity index is 2.18. The summed E-state index contributed by atoms with van der Waals surface area (Å²) in [6, 6.07) is 6.76. The van der Waals surface area contributed by atoms with E-state index in [1.165, 1.54) is 6.92 Å². The molecule has 7 heteroatoms. The van der Waals surface area contributed by atoms with E-state index in [1.807, 2.05) is 0 Å². The Morgan fingerprint density at radius 3 is 2.12 bits per heavy atom. The van der Waals surface area contributed by atoms with Crippen LogP contribution in [0.3, 0.4) is 0 Å². The zero-order chi connectivity index (χ0) is 18.6. The van der Waals surface area contributed by atoms with E-state index >= 15 is 0 Å². The minimum atomic E-state index is -0.484. The Morgan fingerprint density at radius 2 is 1.60 bits per heavy atom. The fraction of sp³-hybridized carbons (Fsp3) is 0.278. The Labute approximate surface area is 145 Å². The number of rotatable bonds is 5. The highest BCUT2D eigenvalue weighted by Gasteiger charge is 2.22. The number of anilines is 2. The van der Waals surface area contributed by atoms with Crippen LogP contribution < -0.4 is 10.6 Å². The van der Waals surface area contributed by atoms with Gasteiger partial charge in [0.15, 0.2) is 0 Å². The van der Waals surface area contributed by atoms with Gasteiger partial charge in [-0.05, 0) is 50.6 Å². The lowest BCUT2D eigenvalue weighted by molar-refractivity contribution is -0.114. The molecule has 7 nitrogen and oxygen atoms in total. The van der Waals surface area contributed by atoms with Crippen molar-refractivity contribution in [2.24, 2.45) is 0 Å². The molecule has 0 fully saturated rings. The number of hydrogen-bond acceptors (Lipinski definition) is 4. The molecule has 0 saturated carbocycles. The van der Waals surface area contributed by atoms with Gasteiger partial charge < -0.3 is 20.4 Å². The molecule has 0 radical (unpaired) electrons. The van der Waals surface area contributed by atoms with Gasteiger partial charge in [-0.1, -0.05) is 0 Å². The van der Waals surface area contributed by atoms with Crippen LogP contribution in [0.2, 0.25) is 0 Å². The van der Waals surface area contributed by atoms with Gasteiger partial charge in [-0.25, -0.2) is 4.79 Å². The van der Waals surface area contributed by atoms with Crippen LogP contribution >= 0.6 is 0 Å². The highest BCUT2D eigenvalue weighted by Crippen LogP contribution is 2.21. The smallest absolute Gasteiger partial charge is 0.355 e. The molecular formula is C18H21N3O4. The van der Waals surface area contributed by atoms with E-state index in [1.54, 1.807) is 45.0 Å². The predicted octanol–water partition coefficient (Wildman–Crippen LogP) is 3.02. The fourth-order valence-corrected chi connectivity index (χ4v) is 2.53. The lowest BCUT2D eigenvalue weighted by atomic mass is 10.1. The number of hydrogen-bond donors (Lipinski definition) is 3. The fourth-order valence-electron chi connectivity index (χ4n) is 2.53. The van der Waals surface area contributed by atoms with E-state index in [-0.39, 0.29) is 24.1 Å². The van der Waals surface area contributed by atoms with Crippen molar-refractivity contribution in [1.29, 1.82) is 0 Å². The summed E-state index contributed by atoms with van der Waals surface area (Å²) in [4.78, 5) is 38.4. The van der Waals surface area contributed by atoms with Crippen LogP contribution in [0, 0.1) is 13.8 Å². The van der Waals surface area contributed by atoms with Crippen molar-refractivity contribution >= 4 is 29.2 Å². The maximum absolute atomic E-state index is 12.6. The van der Waals surface area contributed by atoms with Gasteiger partial charge >= 0.3 is 5.97 Å². The molecule has 2 rings (SSSR count). The highest BCUT2D eigenvalue weighted by atomic mass is 16.5. The minimum Gasteiger partial charge on any atom is -0.461 e. The van der Waals surface area contributed by atoms with Crippen LogP contribution in [-0.4, -0.2) is 29.4 Å². The monoisotopic (exact) mass is 343 g/mol. The van der Waals surface area contributed by atoms with E-state index in [9.17, 15) is 14.4 Å². The molecule has 0 aliphatic rings. The first kappa shape index (κ1) is 18.3. The maximum atomic E-state index is 12.6. The zero-order valence-electron chi connectivity index (χ0n) is 14.6. The van der Waals surface area contributed by atoms with Crippen LogP contribution in [0.4, 0.5) is 11.4 Å². The summed E-state index contributed by atoms with van der Waals surface area (Å²) in [5.41, 5.74) is 3.05.